The average molecular weight is 548 g/mol. The molecule has 124 valence electrons. The third kappa shape index (κ3) is 5.28. The zero-order chi connectivity index (χ0) is 17.5. The van der Waals surface area contributed by atoms with Gasteiger partial charge in [0.1, 0.15) is 0 Å². The Hall–Kier alpha value is -1.40. The Morgan fingerprint density at radius 3 is 1.32 bits per heavy atom. The van der Waals surface area contributed by atoms with Gasteiger partial charge in [-0.05, 0) is 61.9 Å². The van der Waals surface area contributed by atoms with Crippen LogP contribution < -0.4 is 0 Å². The minimum Gasteiger partial charge on any atom is -0.0622 e. The highest BCUT2D eigenvalue weighted by Crippen LogP contribution is 2.32. The average Bonchev–Trinajstić information content (AvgIpc) is 2.69. The number of hydrogen-bond acceptors (Lipinski definition) is 0. The molecule has 0 aliphatic rings. The fourth-order valence-electron chi connectivity index (χ4n) is 2.62. The van der Waals surface area contributed by atoms with Gasteiger partial charge in [-0.3, -0.25) is 0 Å². The van der Waals surface area contributed by atoms with Gasteiger partial charge in [-0.1, -0.05) is 103 Å². The van der Waals surface area contributed by atoms with E-state index in [1.165, 1.54) is 23.9 Å². The van der Waals surface area contributed by atoms with Gasteiger partial charge >= 0.3 is 0 Å². The lowest BCUT2D eigenvalue weighted by molar-refractivity contribution is 1.09. The second kappa shape index (κ2) is 9.34. The molecular weight excluding hydrogens is 530 g/mol. The lowest BCUT2D eigenvalue weighted by Crippen LogP contribution is -1.93. The normalized spacial score (nSPS) is 13.5. The molecule has 0 spiro atoms. The van der Waals surface area contributed by atoms with E-state index in [1.807, 2.05) is 0 Å². The summed E-state index contributed by atoms with van der Waals surface area (Å²) in [7, 11) is 0. The second-order valence-corrected chi connectivity index (χ2v) is 8.02. The van der Waals surface area contributed by atoms with Crippen molar-refractivity contribution in [3.8, 4) is 0 Å². The van der Waals surface area contributed by atoms with Crippen LogP contribution in [0.2, 0.25) is 0 Å². The first-order chi connectivity index (χ1) is 12.2. The summed E-state index contributed by atoms with van der Waals surface area (Å²) in [5.74, 6) is 0.236. The van der Waals surface area contributed by atoms with Gasteiger partial charge in [0.05, 0.1) is 0 Å². The molecule has 3 rings (SSSR count). The first kappa shape index (κ1) is 18.4. The third-order valence-corrected chi connectivity index (χ3v) is 5.90. The van der Waals surface area contributed by atoms with Crippen molar-refractivity contribution < 1.29 is 0 Å². The van der Waals surface area contributed by atoms with Crippen LogP contribution in [0.5, 0.6) is 0 Å². The van der Waals surface area contributed by atoms with Gasteiger partial charge < -0.3 is 0 Å². The molecule has 0 heterocycles. The first-order valence-electron chi connectivity index (χ1n) is 8.14. The monoisotopic (exact) mass is 548 g/mol. The zero-order valence-corrected chi connectivity index (χ0v) is 18.0. The van der Waals surface area contributed by atoms with Gasteiger partial charge in [-0.2, -0.15) is 0 Å². The Bertz CT molecular complexity index is 795. The van der Waals surface area contributed by atoms with Crippen LogP contribution in [0.1, 0.15) is 22.6 Å². The Morgan fingerprint density at radius 2 is 0.920 bits per heavy atom. The van der Waals surface area contributed by atoms with Crippen LogP contribution in [0.3, 0.4) is 0 Å². The van der Waals surface area contributed by atoms with Crippen LogP contribution in [0, 0.1) is 0 Å². The largest absolute Gasteiger partial charge is 0.0622 e. The fraction of sp³-hybridized carbons (Fsp3) is 0.0435. The molecule has 0 bridgehead atoms. The van der Waals surface area contributed by atoms with Gasteiger partial charge in [0, 0.05) is 13.1 Å². The van der Waals surface area contributed by atoms with E-state index in [0.717, 1.165) is 0 Å². The van der Waals surface area contributed by atoms with E-state index in [9.17, 15) is 0 Å². The summed E-state index contributed by atoms with van der Waals surface area (Å²) < 4.78 is 2.53. The summed E-state index contributed by atoms with van der Waals surface area (Å²) in [6.45, 7) is 0. The van der Waals surface area contributed by atoms with E-state index in [2.05, 4.69) is 148 Å². The minimum absolute atomic E-state index is 0.236. The molecule has 3 aromatic rings. The highest BCUT2D eigenvalue weighted by Gasteiger charge is 2.09. The van der Waals surface area contributed by atoms with E-state index in [4.69, 9.17) is 0 Å². The van der Waals surface area contributed by atoms with E-state index < -0.39 is 0 Å². The molecule has 0 fully saturated rings. The third-order valence-electron chi connectivity index (χ3n) is 3.94. The first-order valence-corrected chi connectivity index (χ1v) is 10.3. The van der Waals surface area contributed by atoms with Crippen molar-refractivity contribution in [2.24, 2.45) is 0 Å². The van der Waals surface area contributed by atoms with Crippen LogP contribution in [-0.4, -0.2) is 0 Å². The van der Waals surface area contributed by atoms with Gasteiger partial charge in [0.2, 0.25) is 0 Å². The number of benzene rings is 3. The molecule has 0 aliphatic carbocycles. The Labute approximate surface area is 177 Å². The number of halogens is 2. The number of hydrogen-bond donors (Lipinski definition) is 0. The van der Waals surface area contributed by atoms with Crippen molar-refractivity contribution in [2.75, 3.05) is 0 Å². The zero-order valence-electron chi connectivity index (χ0n) is 13.6. The van der Waals surface area contributed by atoms with Crippen molar-refractivity contribution >= 4 is 52.3 Å². The maximum atomic E-state index is 2.44. The Balaban J connectivity index is 1.99. The van der Waals surface area contributed by atoms with Crippen molar-refractivity contribution in [3.05, 3.63) is 120 Å². The Morgan fingerprint density at radius 1 is 0.560 bits per heavy atom. The fourth-order valence-corrected chi connectivity index (χ4v) is 4.11. The van der Waals surface area contributed by atoms with Crippen molar-refractivity contribution in [2.45, 2.75) is 5.92 Å². The molecule has 0 N–H and O–H groups in total. The summed E-state index contributed by atoms with van der Waals surface area (Å²) in [5.41, 5.74) is 3.82. The molecule has 0 aromatic heterocycles. The summed E-state index contributed by atoms with van der Waals surface area (Å²) >= 11 is 4.88. The van der Waals surface area contributed by atoms with Crippen molar-refractivity contribution in [1.29, 1.82) is 0 Å². The molecule has 0 amide bonds. The second-order valence-electron chi connectivity index (χ2n) is 5.70. The summed E-state index contributed by atoms with van der Waals surface area (Å²) in [6.07, 6.45) is 4.68. The molecule has 0 nitrogen and oxygen atoms in total. The van der Waals surface area contributed by atoms with Gasteiger partial charge in [0.25, 0.3) is 0 Å². The maximum absolute atomic E-state index is 2.44. The molecular formula is C23H18I2. The predicted octanol–water partition coefficient (Wildman–Crippen LogP) is 7.72. The van der Waals surface area contributed by atoms with Gasteiger partial charge in [-0.15, -0.1) is 0 Å². The van der Waals surface area contributed by atoms with Crippen LogP contribution in [0.4, 0.5) is 0 Å². The number of allylic oxidation sites excluding steroid dienone is 2. The topological polar surface area (TPSA) is 0 Å². The number of rotatable bonds is 5. The van der Waals surface area contributed by atoms with Crippen LogP contribution in [-0.2, 0) is 0 Å². The predicted molar refractivity (Wildman–Crippen MR) is 126 cm³/mol. The summed E-state index contributed by atoms with van der Waals surface area (Å²) in [6, 6.07) is 31.8. The highest BCUT2D eigenvalue weighted by molar-refractivity contribution is 14.1. The minimum atomic E-state index is 0.236. The molecule has 0 saturated heterocycles. The van der Waals surface area contributed by atoms with Crippen LogP contribution in [0.15, 0.2) is 103 Å². The van der Waals surface area contributed by atoms with E-state index >= 15 is 0 Å². The van der Waals surface area contributed by atoms with E-state index in [-0.39, 0.29) is 5.92 Å². The molecule has 1 atom stereocenters. The maximum Gasteiger partial charge on any atom is 0.0225 e. The standard InChI is InChI=1S/C23H18I2/c24-22(19-12-6-2-7-13-19)16-21(18-10-4-1-5-11-18)17-23(25)20-14-8-3-9-15-20/h1-17,21H/b22-16-,23-17+. The quantitative estimate of drug-likeness (QED) is 0.287. The highest BCUT2D eigenvalue weighted by atomic mass is 127. The molecule has 1 unspecified atom stereocenters. The molecule has 2 heteroatoms. The molecule has 0 radical (unpaired) electrons. The van der Waals surface area contributed by atoms with Crippen molar-refractivity contribution in [3.63, 3.8) is 0 Å². The Kier molecular flexibility index (Phi) is 6.87. The lowest BCUT2D eigenvalue weighted by atomic mass is 9.96. The van der Waals surface area contributed by atoms with Gasteiger partial charge in [-0.25, -0.2) is 0 Å². The smallest absolute Gasteiger partial charge is 0.0225 e. The molecule has 25 heavy (non-hydrogen) atoms. The van der Waals surface area contributed by atoms with Crippen molar-refractivity contribution in [1.82, 2.24) is 0 Å². The molecule has 3 aromatic carbocycles. The van der Waals surface area contributed by atoms with E-state index in [0.29, 0.717) is 0 Å². The van der Waals surface area contributed by atoms with E-state index in [1.54, 1.807) is 0 Å². The van der Waals surface area contributed by atoms with Crippen LogP contribution in [0.25, 0.3) is 7.16 Å². The SMILES string of the molecule is I/C(=C\C(/C=C(/I)c1ccccc1)c1ccccc1)c1ccccc1. The molecule has 0 aliphatic heterocycles. The van der Waals surface area contributed by atoms with Crippen LogP contribution >= 0.6 is 45.2 Å². The van der Waals surface area contributed by atoms with Gasteiger partial charge in [0.15, 0.2) is 0 Å². The summed E-state index contributed by atoms with van der Waals surface area (Å²) in [4.78, 5) is 0. The summed E-state index contributed by atoms with van der Waals surface area (Å²) in [5, 5.41) is 0. The lowest BCUT2D eigenvalue weighted by Gasteiger charge is -2.12. The molecule has 0 saturated carbocycles.